The van der Waals surface area contributed by atoms with Crippen LogP contribution in [-0.4, -0.2) is 35.6 Å². The summed E-state index contributed by atoms with van der Waals surface area (Å²) in [4.78, 5) is 12.8. The summed E-state index contributed by atoms with van der Waals surface area (Å²) < 4.78 is 39.6. The van der Waals surface area contributed by atoms with Crippen molar-refractivity contribution in [3.8, 4) is 11.3 Å². The first-order chi connectivity index (χ1) is 14.7. The molecular formula is C23H24FN3O3S. The van der Waals surface area contributed by atoms with Crippen LogP contribution in [0.4, 0.5) is 4.39 Å². The quantitative estimate of drug-likeness (QED) is 0.656. The maximum absolute atomic E-state index is 13.9. The van der Waals surface area contributed by atoms with E-state index in [1.807, 2.05) is 32.0 Å². The highest BCUT2D eigenvalue weighted by Crippen LogP contribution is 2.31. The van der Waals surface area contributed by atoms with Gasteiger partial charge in [0.15, 0.2) is 15.5 Å². The number of amides is 1. The number of hydrogen-bond donors (Lipinski definition) is 1. The summed E-state index contributed by atoms with van der Waals surface area (Å²) in [6.07, 6.45) is 0.456. The number of aromatic nitrogens is 2. The third-order valence-electron chi connectivity index (χ3n) is 5.72. The number of benzene rings is 2. The number of aryl methyl sites for hydroxylation is 2. The predicted octanol–water partition coefficient (Wildman–Crippen LogP) is 3.60. The third kappa shape index (κ3) is 4.54. The Morgan fingerprint density at radius 1 is 1.16 bits per heavy atom. The zero-order valence-electron chi connectivity index (χ0n) is 17.4. The number of rotatable bonds is 5. The van der Waals surface area contributed by atoms with Gasteiger partial charge in [-0.2, -0.15) is 5.10 Å². The average Bonchev–Trinajstić information content (AvgIpc) is 3.32. The van der Waals surface area contributed by atoms with Gasteiger partial charge in [-0.25, -0.2) is 12.8 Å². The topological polar surface area (TPSA) is 81.1 Å². The van der Waals surface area contributed by atoms with Crippen LogP contribution in [0.3, 0.4) is 0 Å². The van der Waals surface area contributed by atoms with Crippen molar-refractivity contribution in [2.75, 3.05) is 11.5 Å². The van der Waals surface area contributed by atoms with Crippen LogP contribution in [0.2, 0.25) is 0 Å². The van der Waals surface area contributed by atoms with E-state index in [0.717, 1.165) is 16.7 Å². The maximum atomic E-state index is 13.9. The molecule has 1 aliphatic heterocycles. The molecule has 0 unspecified atom stereocenters. The molecule has 1 aliphatic rings. The Bertz CT molecular complexity index is 1250. The SMILES string of the molecule is Cc1ccc(-c2cc(C(=O)NCc3ccccc3F)nn2[C@@H]2CCS(=O)(=O)C2)cc1C. The molecule has 1 saturated heterocycles. The van der Waals surface area contributed by atoms with Gasteiger partial charge < -0.3 is 5.32 Å². The first-order valence-electron chi connectivity index (χ1n) is 10.1. The van der Waals surface area contributed by atoms with Crippen LogP contribution in [0.1, 0.15) is 39.6 Å². The predicted molar refractivity (Wildman–Crippen MR) is 117 cm³/mol. The lowest BCUT2D eigenvalue weighted by Crippen LogP contribution is -2.24. The van der Waals surface area contributed by atoms with Crippen molar-refractivity contribution in [2.45, 2.75) is 32.9 Å². The van der Waals surface area contributed by atoms with Crippen molar-refractivity contribution in [3.05, 3.63) is 76.7 Å². The first kappa shape index (κ1) is 21.2. The Morgan fingerprint density at radius 3 is 2.61 bits per heavy atom. The molecule has 8 heteroatoms. The molecule has 6 nitrogen and oxygen atoms in total. The number of hydrogen-bond acceptors (Lipinski definition) is 4. The van der Waals surface area contributed by atoms with E-state index in [1.54, 1.807) is 28.9 Å². The number of nitrogens with one attached hydrogen (secondary N) is 1. The van der Waals surface area contributed by atoms with E-state index in [2.05, 4.69) is 10.4 Å². The molecule has 31 heavy (non-hydrogen) atoms. The van der Waals surface area contributed by atoms with Crippen molar-refractivity contribution in [2.24, 2.45) is 0 Å². The number of nitrogens with zero attached hydrogens (tertiary/aromatic N) is 2. The van der Waals surface area contributed by atoms with Gasteiger partial charge in [0.25, 0.3) is 5.91 Å². The highest BCUT2D eigenvalue weighted by Gasteiger charge is 2.32. The van der Waals surface area contributed by atoms with Crippen LogP contribution >= 0.6 is 0 Å². The largest absolute Gasteiger partial charge is 0.346 e. The summed E-state index contributed by atoms with van der Waals surface area (Å²) in [5.41, 5.74) is 4.35. The second kappa shape index (κ2) is 8.26. The zero-order chi connectivity index (χ0) is 22.2. The summed E-state index contributed by atoms with van der Waals surface area (Å²) in [6, 6.07) is 13.5. The molecule has 0 aliphatic carbocycles. The Morgan fingerprint density at radius 2 is 1.94 bits per heavy atom. The van der Waals surface area contributed by atoms with Crippen molar-refractivity contribution in [3.63, 3.8) is 0 Å². The fourth-order valence-corrected chi connectivity index (χ4v) is 5.47. The van der Waals surface area contributed by atoms with E-state index in [0.29, 0.717) is 17.7 Å². The molecule has 1 atom stereocenters. The van der Waals surface area contributed by atoms with Gasteiger partial charge in [0, 0.05) is 17.7 Å². The molecular weight excluding hydrogens is 417 g/mol. The lowest BCUT2D eigenvalue weighted by molar-refractivity contribution is 0.0944. The van der Waals surface area contributed by atoms with Crippen LogP contribution in [0, 0.1) is 19.7 Å². The first-order valence-corrected chi connectivity index (χ1v) is 11.9. The van der Waals surface area contributed by atoms with Crippen LogP contribution < -0.4 is 5.32 Å². The van der Waals surface area contributed by atoms with Gasteiger partial charge in [0.2, 0.25) is 0 Å². The van der Waals surface area contributed by atoms with Crippen LogP contribution in [0.5, 0.6) is 0 Å². The van der Waals surface area contributed by atoms with Crippen molar-refractivity contribution < 1.29 is 17.6 Å². The van der Waals surface area contributed by atoms with E-state index in [4.69, 9.17) is 0 Å². The summed E-state index contributed by atoms with van der Waals surface area (Å²) in [5, 5.41) is 7.17. The molecule has 162 valence electrons. The fraction of sp³-hybridized carbons (Fsp3) is 0.304. The zero-order valence-corrected chi connectivity index (χ0v) is 18.2. The summed E-state index contributed by atoms with van der Waals surface area (Å²) in [6.45, 7) is 4.05. The Balaban J connectivity index is 1.66. The summed E-state index contributed by atoms with van der Waals surface area (Å²) >= 11 is 0. The molecule has 3 aromatic rings. The van der Waals surface area contributed by atoms with Crippen molar-refractivity contribution >= 4 is 15.7 Å². The minimum absolute atomic E-state index is 0.00279. The van der Waals surface area contributed by atoms with Gasteiger partial charge in [-0.15, -0.1) is 0 Å². The van der Waals surface area contributed by atoms with Crippen LogP contribution in [0.25, 0.3) is 11.3 Å². The van der Waals surface area contributed by atoms with E-state index in [1.165, 1.54) is 6.07 Å². The van der Waals surface area contributed by atoms with Gasteiger partial charge in [0.05, 0.1) is 23.2 Å². The molecule has 2 aromatic carbocycles. The molecule has 1 amide bonds. The minimum atomic E-state index is -3.12. The monoisotopic (exact) mass is 441 g/mol. The van der Waals surface area contributed by atoms with Gasteiger partial charge >= 0.3 is 0 Å². The van der Waals surface area contributed by atoms with E-state index < -0.39 is 15.7 Å². The third-order valence-corrected chi connectivity index (χ3v) is 7.47. The highest BCUT2D eigenvalue weighted by atomic mass is 32.2. The highest BCUT2D eigenvalue weighted by molar-refractivity contribution is 7.91. The lowest BCUT2D eigenvalue weighted by Gasteiger charge is -2.14. The molecule has 0 bridgehead atoms. The normalized spacial score (nSPS) is 17.6. The van der Waals surface area contributed by atoms with Crippen LogP contribution in [-0.2, 0) is 16.4 Å². The van der Waals surface area contributed by atoms with Crippen molar-refractivity contribution in [1.29, 1.82) is 0 Å². The molecule has 4 rings (SSSR count). The van der Waals surface area contributed by atoms with Gasteiger partial charge in [0.1, 0.15) is 5.82 Å². The molecule has 1 fully saturated rings. The molecule has 0 spiro atoms. The Labute approximate surface area is 181 Å². The maximum Gasteiger partial charge on any atom is 0.272 e. The average molecular weight is 442 g/mol. The van der Waals surface area contributed by atoms with Gasteiger partial charge in [-0.3, -0.25) is 9.48 Å². The number of sulfone groups is 1. The minimum Gasteiger partial charge on any atom is -0.346 e. The Kier molecular flexibility index (Phi) is 5.66. The molecule has 1 N–H and O–H groups in total. The Hall–Kier alpha value is -3.00. The number of halogens is 1. The second-order valence-corrected chi connectivity index (χ2v) is 10.2. The standard InChI is InChI=1S/C23H24FN3O3S/c1-15-7-8-17(11-16(15)2)22-12-21(26-27(22)19-9-10-31(29,30)14-19)23(28)25-13-18-5-3-4-6-20(18)24/h3-8,11-12,19H,9-10,13-14H2,1-2H3,(H,25,28)/t19-/m1/s1. The summed E-state index contributed by atoms with van der Waals surface area (Å²) in [7, 11) is -3.12. The molecule has 0 radical (unpaired) electrons. The molecule has 0 saturated carbocycles. The van der Waals surface area contributed by atoms with Crippen molar-refractivity contribution in [1.82, 2.24) is 15.1 Å². The fourth-order valence-electron chi connectivity index (χ4n) is 3.78. The number of carbonyl (C=O) groups excluding carboxylic acids is 1. The van der Waals surface area contributed by atoms with E-state index in [-0.39, 0.29) is 35.6 Å². The second-order valence-electron chi connectivity index (χ2n) is 7.99. The van der Waals surface area contributed by atoms with Gasteiger partial charge in [-0.05, 0) is 49.6 Å². The van der Waals surface area contributed by atoms with Gasteiger partial charge in [-0.1, -0.05) is 30.3 Å². The summed E-state index contributed by atoms with van der Waals surface area (Å²) in [5.74, 6) is -0.713. The lowest BCUT2D eigenvalue weighted by atomic mass is 10.0. The smallest absolute Gasteiger partial charge is 0.272 e. The van der Waals surface area contributed by atoms with E-state index >= 15 is 0 Å². The number of carbonyl (C=O) groups is 1. The van der Waals surface area contributed by atoms with Crippen LogP contribution in [0.15, 0.2) is 48.5 Å². The van der Waals surface area contributed by atoms with E-state index in [9.17, 15) is 17.6 Å². The molecule has 2 heterocycles. The molecule has 1 aromatic heterocycles.